The molecule has 7 nitrogen and oxygen atoms in total. The molecular formula is C11H11N3O4. The van der Waals surface area contributed by atoms with Crippen molar-refractivity contribution in [1.82, 2.24) is 10.3 Å². The van der Waals surface area contributed by atoms with Gasteiger partial charge in [0, 0.05) is 18.7 Å². The number of nitro groups is 1. The standard InChI is InChI=1S/C11H11N3O4/c15-14(16)7-1-2-10-9(5-7)13-11(18-10)17-8-3-4-12-6-8/h1-2,5,8,12H,3-4,6H2. The summed E-state index contributed by atoms with van der Waals surface area (Å²) in [4.78, 5) is 14.3. The lowest BCUT2D eigenvalue weighted by molar-refractivity contribution is -0.384. The molecule has 1 aromatic heterocycles. The molecular weight excluding hydrogens is 238 g/mol. The first-order chi connectivity index (χ1) is 8.72. The predicted molar refractivity (Wildman–Crippen MR) is 62.6 cm³/mol. The molecule has 0 aliphatic carbocycles. The van der Waals surface area contributed by atoms with Gasteiger partial charge in [-0.2, -0.15) is 4.98 Å². The second kappa shape index (κ2) is 4.26. The van der Waals surface area contributed by atoms with Crippen molar-refractivity contribution in [3.63, 3.8) is 0 Å². The van der Waals surface area contributed by atoms with E-state index >= 15 is 0 Å². The summed E-state index contributed by atoms with van der Waals surface area (Å²) in [5.41, 5.74) is 0.914. The van der Waals surface area contributed by atoms with E-state index in [2.05, 4.69) is 10.3 Å². The van der Waals surface area contributed by atoms with E-state index in [1.807, 2.05) is 0 Å². The van der Waals surface area contributed by atoms with Crippen LogP contribution in [0.15, 0.2) is 22.6 Å². The summed E-state index contributed by atoms with van der Waals surface area (Å²) < 4.78 is 10.9. The molecule has 1 aromatic carbocycles. The molecule has 2 heterocycles. The normalized spacial score (nSPS) is 19.2. The SMILES string of the molecule is O=[N+]([O-])c1ccc2oc(OC3CCNC3)nc2c1. The summed E-state index contributed by atoms with van der Waals surface area (Å²) in [6.07, 6.45) is 1.12. The average molecular weight is 249 g/mol. The molecule has 2 aromatic rings. The van der Waals surface area contributed by atoms with Crippen LogP contribution in [-0.2, 0) is 0 Å². The molecule has 1 N–H and O–H groups in total. The van der Waals surface area contributed by atoms with Gasteiger partial charge in [-0.15, -0.1) is 0 Å². The summed E-state index contributed by atoms with van der Waals surface area (Å²) in [6, 6.07) is 4.28. The minimum atomic E-state index is -0.463. The van der Waals surface area contributed by atoms with Crippen LogP contribution in [0.2, 0.25) is 0 Å². The zero-order valence-electron chi connectivity index (χ0n) is 9.46. The van der Waals surface area contributed by atoms with Gasteiger partial charge in [-0.1, -0.05) is 0 Å². The van der Waals surface area contributed by atoms with Crippen LogP contribution in [0.3, 0.4) is 0 Å². The summed E-state index contributed by atoms with van der Waals surface area (Å²) >= 11 is 0. The maximum atomic E-state index is 10.6. The van der Waals surface area contributed by atoms with E-state index in [9.17, 15) is 10.1 Å². The molecule has 1 fully saturated rings. The minimum Gasteiger partial charge on any atom is -0.445 e. The van der Waals surface area contributed by atoms with Crippen molar-refractivity contribution < 1.29 is 14.1 Å². The predicted octanol–water partition coefficient (Wildman–Crippen LogP) is 1.48. The zero-order valence-corrected chi connectivity index (χ0v) is 9.46. The van der Waals surface area contributed by atoms with Crippen LogP contribution < -0.4 is 10.1 Å². The van der Waals surface area contributed by atoms with Crippen LogP contribution in [0.25, 0.3) is 11.1 Å². The van der Waals surface area contributed by atoms with Gasteiger partial charge in [0.2, 0.25) is 0 Å². The maximum absolute atomic E-state index is 10.6. The number of hydrogen-bond acceptors (Lipinski definition) is 6. The van der Waals surface area contributed by atoms with Crippen LogP contribution in [-0.4, -0.2) is 29.1 Å². The fraction of sp³-hybridized carbons (Fsp3) is 0.364. The molecule has 0 spiro atoms. The lowest BCUT2D eigenvalue weighted by Gasteiger charge is -2.06. The highest BCUT2D eigenvalue weighted by Crippen LogP contribution is 2.25. The summed E-state index contributed by atoms with van der Waals surface area (Å²) in [5.74, 6) is 0. The number of nitrogens with one attached hydrogen (secondary N) is 1. The number of benzene rings is 1. The fourth-order valence-corrected chi connectivity index (χ4v) is 1.93. The third-order valence-electron chi connectivity index (χ3n) is 2.84. The number of oxazole rings is 1. The first-order valence-corrected chi connectivity index (χ1v) is 5.65. The van der Waals surface area contributed by atoms with Gasteiger partial charge < -0.3 is 14.5 Å². The highest BCUT2D eigenvalue weighted by Gasteiger charge is 2.19. The first-order valence-electron chi connectivity index (χ1n) is 5.65. The topological polar surface area (TPSA) is 90.4 Å². The molecule has 94 valence electrons. The molecule has 1 aliphatic heterocycles. The molecule has 3 rings (SSSR count). The molecule has 0 amide bonds. The fourth-order valence-electron chi connectivity index (χ4n) is 1.93. The Morgan fingerprint density at radius 2 is 2.44 bits per heavy atom. The van der Waals surface area contributed by atoms with E-state index < -0.39 is 4.92 Å². The van der Waals surface area contributed by atoms with Gasteiger partial charge in [-0.05, 0) is 19.0 Å². The van der Waals surface area contributed by atoms with E-state index in [-0.39, 0.29) is 17.9 Å². The molecule has 0 saturated carbocycles. The minimum absolute atomic E-state index is 0.00937. The average Bonchev–Trinajstić information content (AvgIpc) is 2.96. The maximum Gasteiger partial charge on any atom is 0.394 e. The van der Waals surface area contributed by atoms with Crippen molar-refractivity contribution in [2.24, 2.45) is 0 Å². The number of ether oxygens (including phenoxy) is 1. The van der Waals surface area contributed by atoms with Gasteiger partial charge in [0.25, 0.3) is 5.69 Å². The quantitative estimate of drug-likeness (QED) is 0.654. The van der Waals surface area contributed by atoms with Crippen molar-refractivity contribution >= 4 is 16.8 Å². The van der Waals surface area contributed by atoms with Crippen molar-refractivity contribution in [2.45, 2.75) is 12.5 Å². The van der Waals surface area contributed by atoms with E-state index in [1.54, 1.807) is 0 Å². The molecule has 0 bridgehead atoms. The smallest absolute Gasteiger partial charge is 0.394 e. The first kappa shape index (κ1) is 11.0. The second-order valence-electron chi connectivity index (χ2n) is 4.12. The second-order valence-corrected chi connectivity index (χ2v) is 4.12. The van der Waals surface area contributed by atoms with Gasteiger partial charge in [0.05, 0.1) is 4.92 Å². The highest BCUT2D eigenvalue weighted by molar-refractivity contribution is 5.75. The third kappa shape index (κ3) is 2.00. The van der Waals surface area contributed by atoms with Crippen LogP contribution in [0.5, 0.6) is 6.08 Å². The number of rotatable bonds is 3. The largest absolute Gasteiger partial charge is 0.445 e. The van der Waals surface area contributed by atoms with Crippen molar-refractivity contribution in [1.29, 1.82) is 0 Å². The Bertz CT molecular complexity index is 589. The summed E-state index contributed by atoms with van der Waals surface area (Å²) in [7, 11) is 0. The Morgan fingerprint density at radius 3 is 3.17 bits per heavy atom. The number of nitrogens with zero attached hydrogens (tertiary/aromatic N) is 2. The van der Waals surface area contributed by atoms with Crippen LogP contribution in [0.1, 0.15) is 6.42 Å². The third-order valence-corrected chi connectivity index (χ3v) is 2.84. The Kier molecular flexibility index (Phi) is 2.60. The van der Waals surface area contributed by atoms with Gasteiger partial charge in [0.1, 0.15) is 11.6 Å². The molecule has 1 saturated heterocycles. The molecule has 1 aliphatic rings. The van der Waals surface area contributed by atoms with Crippen LogP contribution >= 0.6 is 0 Å². The molecule has 18 heavy (non-hydrogen) atoms. The Labute approximate surface area is 102 Å². The van der Waals surface area contributed by atoms with Crippen molar-refractivity contribution in [3.05, 3.63) is 28.3 Å². The molecule has 1 atom stereocenters. The number of fused-ring (bicyclic) bond motifs is 1. The zero-order chi connectivity index (χ0) is 12.5. The van der Waals surface area contributed by atoms with Gasteiger partial charge in [-0.3, -0.25) is 10.1 Å². The number of nitro benzene ring substituents is 1. The Morgan fingerprint density at radius 1 is 1.56 bits per heavy atom. The Balaban J connectivity index is 1.87. The molecule has 7 heteroatoms. The van der Waals surface area contributed by atoms with Gasteiger partial charge in [-0.25, -0.2) is 0 Å². The molecule has 1 unspecified atom stereocenters. The van der Waals surface area contributed by atoms with E-state index in [0.717, 1.165) is 19.5 Å². The summed E-state index contributed by atoms with van der Waals surface area (Å²) in [5, 5.41) is 13.8. The van der Waals surface area contributed by atoms with Crippen molar-refractivity contribution in [2.75, 3.05) is 13.1 Å². The van der Waals surface area contributed by atoms with Gasteiger partial charge in [0.15, 0.2) is 5.58 Å². The van der Waals surface area contributed by atoms with E-state index in [0.29, 0.717) is 11.1 Å². The lowest BCUT2D eigenvalue weighted by Crippen LogP contribution is -2.19. The highest BCUT2D eigenvalue weighted by atomic mass is 16.6. The van der Waals surface area contributed by atoms with Gasteiger partial charge >= 0.3 is 6.08 Å². The van der Waals surface area contributed by atoms with Crippen LogP contribution in [0.4, 0.5) is 5.69 Å². The Hall–Kier alpha value is -2.15. The van der Waals surface area contributed by atoms with Crippen molar-refractivity contribution in [3.8, 4) is 6.08 Å². The monoisotopic (exact) mass is 249 g/mol. The number of hydrogen-bond donors (Lipinski definition) is 1. The lowest BCUT2D eigenvalue weighted by atomic mass is 10.3. The summed E-state index contributed by atoms with van der Waals surface area (Å²) in [6.45, 7) is 1.68. The number of aromatic nitrogens is 1. The van der Waals surface area contributed by atoms with Crippen LogP contribution in [0, 0.1) is 10.1 Å². The van der Waals surface area contributed by atoms with E-state index in [1.165, 1.54) is 18.2 Å². The number of non-ortho nitro benzene ring substituents is 1. The van der Waals surface area contributed by atoms with E-state index in [4.69, 9.17) is 9.15 Å². The molecule has 0 radical (unpaired) electrons.